The highest BCUT2D eigenvalue weighted by Gasteiger charge is 2.38. The quantitative estimate of drug-likeness (QED) is 0.683. The normalized spacial score (nSPS) is 26.1. The minimum Gasteiger partial charge on any atom is -0.353 e. The predicted molar refractivity (Wildman–Crippen MR) is 112 cm³/mol. The Balaban J connectivity index is 0.00000240. The lowest BCUT2D eigenvalue weighted by Crippen LogP contribution is -2.49. The van der Waals surface area contributed by atoms with E-state index in [1.54, 1.807) is 17.0 Å². The molecule has 3 atom stereocenters. The Bertz CT molecular complexity index is 741. The summed E-state index contributed by atoms with van der Waals surface area (Å²) in [6.07, 6.45) is 5.89. The number of amides is 3. The van der Waals surface area contributed by atoms with Crippen molar-refractivity contribution in [1.82, 2.24) is 20.9 Å². The third-order valence-corrected chi connectivity index (χ3v) is 6.17. The summed E-state index contributed by atoms with van der Waals surface area (Å²) >= 11 is 0. The standard InChI is InChI=1S/C21H28N4O3.ClH/c26-19-13-25(10-9-22-19)21(28)15-7-5-14(6-8-15)12-23-20(27)18-11-16-3-1-2-4-17(16)24-18;/h5-8,16-18,24H,1-4,9-13H2,(H,22,26)(H,23,27);1H. The number of carbonyl (C=O) groups is 3. The minimum atomic E-state index is -0.136. The van der Waals surface area contributed by atoms with Crippen LogP contribution in [0.3, 0.4) is 0 Å². The van der Waals surface area contributed by atoms with Crippen molar-refractivity contribution in [2.75, 3.05) is 19.6 Å². The maximum atomic E-state index is 12.5. The zero-order valence-electron chi connectivity index (χ0n) is 16.5. The van der Waals surface area contributed by atoms with Gasteiger partial charge in [-0.15, -0.1) is 12.4 Å². The molecule has 0 bridgehead atoms. The van der Waals surface area contributed by atoms with E-state index >= 15 is 0 Å². The molecule has 1 aromatic carbocycles. The summed E-state index contributed by atoms with van der Waals surface area (Å²) in [5.41, 5.74) is 1.52. The molecule has 4 rings (SSSR count). The first-order valence-corrected chi connectivity index (χ1v) is 10.3. The van der Waals surface area contributed by atoms with Gasteiger partial charge in [0, 0.05) is 31.2 Å². The zero-order chi connectivity index (χ0) is 19.5. The topological polar surface area (TPSA) is 90.5 Å². The molecule has 3 N–H and O–H groups in total. The molecule has 3 amide bonds. The third kappa shape index (κ3) is 5.08. The maximum Gasteiger partial charge on any atom is 0.254 e. The molecule has 8 heteroatoms. The number of benzene rings is 1. The van der Waals surface area contributed by atoms with Crippen molar-refractivity contribution in [3.63, 3.8) is 0 Å². The fourth-order valence-electron chi connectivity index (χ4n) is 4.59. The Morgan fingerprint density at radius 2 is 1.90 bits per heavy atom. The molecule has 0 spiro atoms. The van der Waals surface area contributed by atoms with Crippen LogP contribution in [0.25, 0.3) is 0 Å². The van der Waals surface area contributed by atoms with Crippen LogP contribution in [0, 0.1) is 5.92 Å². The second kappa shape index (κ2) is 9.59. The van der Waals surface area contributed by atoms with Gasteiger partial charge in [0.05, 0.1) is 12.6 Å². The summed E-state index contributed by atoms with van der Waals surface area (Å²) in [5.74, 6) is 0.447. The molecule has 158 valence electrons. The van der Waals surface area contributed by atoms with Crippen LogP contribution in [0.1, 0.15) is 48.0 Å². The molecule has 7 nitrogen and oxygen atoms in total. The largest absolute Gasteiger partial charge is 0.353 e. The molecule has 1 aliphatic carbocycles. The van der Waals surface area contributed by atoms with Crippen molar-refractivity contribution in [2.45, 2.75) is 50.7 Å². The molecule has 2 saturated heterocycles. The summed E-state index contributed by atoms with van der Waals surface area (Å²) in [6.45, 7) is 1.57. The number of nitrogens with one attached hydrogen (secondary N) is 3. The van der Waals surface area contributed by atoms with Crippen LogP contribution < -0.4 is 16.0 Å². The number of hydrogen-bond acceptors (Lipinski definition) is 4. The summed E-state index contributed by atoms with van der Waals surface area (Å²) < 4.78 is 0. The molecule has 0 radical (unpaired) electrons. The predicted octanol–water partition coefficient (Wildman–Crippen LogP) is 1.22. The van der Waals surface area contributed by atoms with Crippen molar-refractivity contribution in [3.05, 3.63) is 35.4 Å². The third-order valence-electron chi connectivity index (χ3n) is 6.17. The van der Waals surface area contributed by atoms with Gasteiger partial charge in [0.25, 0.3) is 5.91 Å². The molecular formula is C21H29ClN4O3. The van der Waals surface area contributed by atoms with E-state index in [0.717, 1.165) is 12.0 Å². The smallest absolute Gasteiger partial charge is 0.254 e. The van der Waals surface area contributed by atoms with Gasteiger partial charge in [-0.1, -0.05) is 25.0 Å². The molecule has 3 fully saturated rings. The first-order chi connectivity index (χ1) is 13.6. The van der Waals surface area contributed by atoms with Crippen LogP contribution in [0.15, 0.2) is 24.3 Å². The van der Waals surface area contributed by atoms with Gasteiger partial charge in [-0.2, -0.15) is 0 Å². The minimum absolute atomic E-state index is 0. The fourth-order valence-corrected chi connectivity index (χ4v) is 4.59. The van der Waals surface area contributed by atoms with E-state index in [1.165, 1.54) is 25.7 Å². The number of fused-ring (bicyclic) bond motifs is 1. The number of hydrogen-bond donors (Lipinski definition) is 3. The van der Waals surface area contributed by atoms with Gasteiger partial charge in [-0.05, 0) is 42.9 Å². The van der Waals surface area contributed by atoms with E-state index in [0.29, 0.717) is 37.2 Å². The number of carbonyl (C=O) groups excluding carboxylic acids is 3. The van der Waals surface area contributed by atoms with E-state index in [1.807, 2.05) is 12.1 Å². The molecular weight excluding hydrogens is 392 g/mol. The van der Waals surface area contributed by atoms with Crippen molar-refractivity contribution < 1.29 is 14.4 Å². The van der Waals surface area contributed by atoms with Gasteiger partial charge < -0.3 is 20.9 Å². The summed E-state index contributed by atoms with van der Waals surface area (Å²) in [6, 6.07) is 7.67. The Morgan fingerprint density at radius 1 is 1.14 bits per heavy atom. The average molecular weight is 421 g/mol. The number of halogens is 1. The molecule has 2 aliphatic heterocycles. The number of rotatable bonds is 4. The molecule has 1 saturated carbocycles. The lowest BCUT2D eigenvalue weighted by Gasteiger charge is -2.26. The molecule has 3 unspecified atom stereocenters. The number of nitrogens with zero attached hydrogens (tertiary/aromatic N) is 1. The Labute approximate surface area is 177 Å². The Morgan fingerprint density at radius 3 is 2.62 bits per heavy atom. The van der Waals surface area contributed by atoms with E-state index in [2.05, 4.69) is 16.0 Å². The second-order valence-corrected chi connectivity index (χ2v) is 8.10. The molecule has 2 heterocycles. The Hall–Kier alpha value is -2.12. The molecule has 29 heavy (non-hydrogen) atoms. The van der Waals surface area contributed by atoms with Gasteiger partial charge in [-0.25, -0.2) is 0 Å². The van der Waals surface area contributed by atoms with Gasteiger partial charge in [0.2, 0.25) is 11.8 Å². The van der Waals surface area contributed by atoms with E-state index in [9.17, 15) is 14.4 Å². The van der Waals surface area contributed by atoms with Gasteiger partial charge in [-0.3, -0.25) is 14.4 Å². The van der Waals surface area contributed by atoms with Gasteiger partial charge in [0.15, 0.2) is 0 Å². The van der Waals surface area contributed by atoms with Crippen molar-refractivity contribution in [2.24, 2.45) is 5.92 Å². The highest BCUT2D eigenvalue weighted by Crippen LogP contribution is 2.33. The second-order valence-electron chi connectivity index (χ2n) is 8.10. The van der Waals surface area contributed by atoms with Crippen LogP contribution in [0.2, 0.25) is 0 Å². The monoisotopic (exact) mass is 420 g/mol. The first-order valence-electron chi connectivity index (χ1n) is 10.3. The summed E-state index contributed by atoms with van der Waals surface area (Å²) in [7, 11) is 0. The molecule has 3 aliphatic rings. The lowest BCUT2D eigenvalue weighted by atomic mass is 9.85. The Kier molecular flexibility index (Phi) is 7.14. The van der Waals surface area contributed by atoms with E-state index in [-0.39, 0.29) is 42.7 Å². The fraction of sp³-hybridized carbons (Fsp3) is 0.571. The summed E-state index contributed by atoms with van der Waals surface area (Å²) in [5, 5.41) is 9.23. The summed E-state index contributed by atoms with van der Waals surface area (Å²) in [4.78, 5) is 38.0. The SMILES string of the molecule is Cl.O=C1CN(C(=O)c2ccc(CNC(=O)C3CC4CCCCC4N3)cc2)CCN1. The van der Waals surface area contributed by atoms with Crippen molar-refractivity contribution in [3.8, 4) is 0 Å². The van der Waals surface area contributed by atoms with Gasteiger partial charge >= 0.3 is 0 Å². The van der Waals surface area contributed by atoms with Crippen molar-refractivity contribution >= 4 is 30.1 Å². The van der Waals surface area contributed by atoms with Crippen LogP contribution in [0.4, 0.5) is 0 Å². The van der Waals surface area contributed by atoms with E-state index in [4.69, 9.17) is 0 Å². The van der Waals surface area contributed by atoms with Gasteiger partial charge in [0.1, 0.15) is 0 Å². The molecule has 0 aromatic heterocycles. The first kappa shape index (κ1) is 21.6. The van der Waals surface area contributed by atoms with Crippen molar-refractivity contribution in [1.29, 1.82) is 0 Å². The van der Waals surface area contributed by atoms with Crippen LogP contribution in [0.5, 0.6) is 0 Å². The zero-order valence-corrected chi connectivity index (χ0v) is 17.3. The van der Waals surface area contributed by atoms with Crippen LogP contribution in [-0.4, -0.2) is 54.3 Å². The lowest BCUT2D eigenvalue weighted by molar-refractivity contribution is -0.124. The highest BCUT2D eigenvalue weighted by atomic mass is 35.5. The maximum absolute atomic E-state index is 12.5. The van der Waals surface area contributed by atoms with Crippen LogP contribution in [-0.2, 0) is 16.1 Å². The number of piperazine rings is 1. The highest BCUT2D eigenvalue weighted by molar-refractivity contribution is 5.97. The van der Waals surface area contributed by atoms with E-state index < -0.39 is 0 Å². The molecule has 1 aromatic rings. The van der Waals surface area contributed by atoms with Crippen LogP contribution >= 0.6 is 12.4 Å². The average Bonchev–Trinajstić information content (AvgIpc) is 3.16.